The van der Waals surface area contributed by atoms with Crippen molar-refractivity contribution in [1.82, 2.24) is 4.98 Å². The molecule has 3 rings (SSSR count). The monoisotopic (exact) mass is 277 g/mol. The average Bonchev–Trinajstić information content (AvgIpc) is 2.55. The molecule has 0 fully saturated rings. The van der Waals surface area contributed by atoms with Gasteiger partial charge in [-0.3, -0.25) is 9.78 Å². The van der Waals surface area contributed by atoms with Gasteiger partial charge in [0.1, 0.15) is 5.69 Å². The van der Waals surface area contributed by atoms with Gasteiger partial charge in [-0.25, -0.2) is 0 Å². The molecule has 21 heavy (non-hydrogen) atoms. The Bertz CT molecular complexity index is 776. The molecule has 104 valence electrons. The molecule has 0 spiro atoms. The number of aromatic nitrogens is 1. The van der Waals surface area contributed by atoms with Crippen LogP contribution in [0.5, 0.6) is 0 Å². The van der Waals surface area contributed by atoms with E-state index in [0.29, 0.717) is 12.2 Å². The van der Waals surface area contributed by atoms with Crippen molar-refractivity contribution in [2.45, 2.75) is 6.54 Å². The van der Waals surface area contributed by atoms with Gasteiger partial charge in [0.15, 0.2) is 0 Å². The number of fused-ring (bicyclic) bond motifs is 1. The van der Waals surface area contributed by atoms with Crippen LogP contribution in [0.1, 0.15) is 16.1 Å². The SMILES string of the molecule is NCc1ccc(C(=O)Nc2cccc3ccccc23)nc1. The number of hydrogen-bond donors (Lipinski definition) is 2. The number of rotatable bonds is 3. The van der Waals surface area contributed by atoms with Crippen LogP contribution in [-0.4, -0.2) is 10.9 Å². The summed E-state index contributed by atoms with van der Waals surface area (Å²) in [6, 6.07) is 17.2. The van der Waals surface area contributed by atoms with Gasteiger partial charge in [-0.15, -0.1) is 0 Å². The lowest BCUT2D eigenvalue weighted by molar-refractivity contribution is 0.102. The molecule has 1 amide bonds. The van der Waals surface area contributed by atoms with E-state index in [1.807, 2.05) is 48.5 Å². The molecule has 0 aliphatic rings. The predicted molar refractivity (Wildman–Crippen MR) is 84.0 cm³/mol. The molecule has 0 radical (unpaired) electrons. The lowest BCUT2D eigenvalue weighted by Crippen LogP contribution is -2.14. The van der Waals surface area contributed by atoms with E-state index in [9.17, 15) is 4.79 Å². The van der Waals surface area contributed by atoms with Crippen LogP contribution in [0.4, 0.5) is 5.69 Å². The van der Waals surface area contributed by atoms with E-state index in [2.05, 4.69) is 10.3 Å². The molecule has 0 saturated heterocycles. The molecule has 1 heterocycles. The summed E-state index contributed by atoms with van der Waals surface area (Å²) >= 11 is 0. The molecule has 4 heteroatoms. The maximum atomic E-state index is 12.3. The van der Waals surface area contributed by atoms with Crippen LogP contribution in [-0.2, 0) is 6.54 Å². The number of hydrogen-bond acceptors (Lipinski definition) is 3. The second-order valence-corrected chi connectivity index (χ2v) is 4.74. The number of nitrogens with zero attached hydrogens (tertiary/aromatic N) is 1. The van der Waals surface area contributed by atoms with Crippen molar-refractivity contribution in [3.05, 3.63) is 72.1 Å². The van der Waals surface area contributed by atoms with Crippen LogP contribution >= 0.6 is 0 Å². The zero-order valence-corrected chi connectivity index (χ0v) is 11.4. The van der Waals surface area contributed by atoms with Gasteiger partial charge in [-0.1, -0.05) is 42.5 Å². The molecule has 0 aliphatic carbocycles. The van der Waals surface area contributed by atoms with Crippen molar-refractivity contribution in [2.24, 2.45) is 5.73 Å². The van der Waals surface area contributed by atoms with Crippen molar-refractivity contribution < 1.29 is 4.79 Å². The van der Waals surface area contributed by atoms with Gasteiger partial charge >= 0.3 is 0 Å². The first kappa shape index (κ1) is 13.3. The predicted octanol–water partition coefficient (Wildman–Crippen LogP) is 2.95. The van der Waals surface area contributed by atoms with E-state index in [-0.39, 0.29) is 5.91 Å². The lowest BCUT2D eigenvalue weighted by Gasteiger charge is -2.08. The Hall–Kier alpha value is -2.72. The first-order valence-corrected chi connectivity index (χ1v) is 6.72. The Morgan fingerprint density at radius 1 is 1.05 bits per heavy atom. The minimum absolute atomic E-state index is 0.227. The molecule has 0 atom stereocenters. The first-order chi connectivity index (χ1) is 10.3. The lowest BCUT2D eigenvalue weighted by atomic mass is 10.1. The van der Waals surface area contributed by atoms with E-state index in [0.717, 1.165) is 22.0 Å². The van der Waals surface area contributed by atoms with Crippen LogP contribution < -0.4 is 11.1 Å². The first-order valence-electron chi connectivity index (χ1n) is 6.72. The summed E-state index contributed by atoms with van der Waals surface area (Å²) < 4.78 is 0. The number of nitrogens with two attached hydrogens (primary N) is 1. The molecule has 4 nitrogen and oxygen atoms in total. The Morgan fingerprint density at radius 2 is 1.86 bits per heavy atom. The van der Waals surface area contributed by atoms with E-state index in [1.165, 1.54) is 0 Å². The van der Waals surface area contributed by atoms with Crippen LogP contribution in [0.2, 0.25) is 0 Å². The van der Waals surface area contributed by atoms with E-state index in [4.69, 9.17) is 5.73 Å². The van der Waals surface area contributed by atoms with Crippen molar-refractivity contribution >= 4 is 22.4 Å². The molecule has 0 aliphatic heterocycles. The normalized spacial score (nSPS) is 10.5. The highest BCUT2D eigenvalue weighted by Gasteiger charge is 2.09. The zero-order chi connectivity index (χ0) is 14.7. The van der Waals surface area contributed by atoms with Crippen molar-refractivity contribution in [3.63, 3.8) is 0 Å². The van der Waals surface area contributed by atoms with E-state index >= 15 is 0 Å². The summed E-state index contributed by atoms with van der Waals surface area (Å²) in [5, 5.41) is 5.00. The standard InChI is InChI=1S/C17H15N3O/c18-10-12-8-9-16(19-11-12)17(21)20-15-7-3-5-13-4-1-2-6-14(13)15/h1-9,11H,10,18H2,(H,20,21). The highest BCUT2D eigenvalue weighted by Crippen LogP contribution is 2.23. The smallest absolute Gasteiger partial charge is 0.274 e. The van der Waals surface area contributed by atoms with Crippen molar-refractivity contribution in [3.8, 4) is 0 Å². The van der Waals surface area contributed by atoms with Crippen molar-refractivity contribution in [1.29, 1.82) is 0 Å². The summed E-state index contributed by atoms with van der Waals surface area (Å²) in [5.41, 5.74) is 7.58. The van der Waals surface area contributed by atoms with Crippen molar-refractivity contribution in [2.75, 3.05) is 5.32 Å². The number of pyridine rings is 1. The number of benzene rings is 2. The molecule has 2 aromatic carbocycles. The number of amides is 1. The summed E-state index contributed by atoms with van der Waals surface area (Å²) in [6.45, 7) is 0.415. The summed E-state index contributed by atoms with van der Waals surface area (Å²) in [6.07, 6.45) is 1.62. The second kappa shape index (κ2) is 5.73. The van der Waals surface area contributed by atoms with Gasteiger partial charge < -0.3 is 11.1 Å². The minimum atomic E-state index is -0.227. The minimum Gasteiger partial charge on any atom is -0.326 e. The number of nitrogens with one attached hydrogen (secondary N) is 1. The van der Waals surface area contributed by atoms with Gasteiger partial charge in [0.05, 0.1) is 0 Å². The van der Waals surface area contributed by atoms with Gasteiger partial charge in [-0.2, -0.15) is 0 Å². The Morgan fingerprint density at radius 3 is 2.62 bits per heavy atom. The molecule has 0 saturated carbocycles. The summed E-state index contributed by atoms with van der Waals surface area (Å²) in [4.78, 5) is 16.4. The molecule has 1 aromatic heterocycles. The third-order valence-corrected chi connectivity index (χ3v) is 3.33. The van der Waals surface area contributed by atoms with E-state index in [1.54, 1.807) is 12.3 Å². The highest BCUT2D eigenvalue weighted by atomic mass is 16.1. The van der Waals surface area contributed by atoms with Gasteiger partial charge in [0.2, 0.25) is 0 Å². The quantitative estimate of drug-likeness (QED) is 0.773. The Balaban J connectivity index is 1.89. The Kier molecular flexibility index (Phi) is 3.62. The van der Waals surface area contributed by atoms with Gasteiger partial charge in [-0.05, 0) is 23.1 Å². The molecule has 3 N–H and O–H groups in total. The van der Waals surface area contributed by atoms with Gasteiger partial charge in [0, 0.05) is 23.8 Å². The molecular weight excluding hydrogens is 262 g/mol. The fourth-order valence-electron chi connectivity index (χ4n) is 2.20. The van der Waals surface area contributed by atoms with Crippen LogP contribution in [0.15, 0.2) is 60.8 Å². The fraction of sp³-hybridized carbons (Fsp3) is 0.0588. The highest BCUT2D eigenvalue weighted by molar-refractivity contribution is 6.08. The van der Waals surface area contributed by atoms with Crippen LogP contribution in [0.3, 0.4) is 0 Å². The molecular formula is C17H15N3O. The van der Waals surface area contributed by atoms with Gasteiger partial charge in [0.25, 0.3) is 5.91 Å². The molecule has 0 bridgehead atoms. The third kappa shape index (κ3) is 2.75. The third-order valence-electron chi connectivity index (χ3n) is 3.33. The maximum Gasteiger partial charge on any atom is 0.274 e. The van der Waals surface area contributed by atoms with Crippen LogP contribution in [0, 0.1) is 0 Å². The zero-order valence-electron chi connectivity index (χ0n) is 11.4. The Labute approximate surface area is 122 Å². The largest absolute Gasteiger partial charge is 0.326 e. The topological polar surface area (TPSA) is 68.0 Å². The average molecular weight is 277 g/mol. The number of carbonyl (C=O) groups is 1. The summed E-state index contributed by atoms with van der Waals surface area (Å²) in [7, 11) is 0. The molecule has 3 aromatic rings. The fourth-order valence-corrected chi connectivity index (χ4v) is 2.20. The molecule has 0 unspecified atom stereocenters. The van der Waals surface area contributed by atoms with Crippen LogP contribution in [0.25, 0.3) is 10.8 Å². The van der Waals surface area contributed by atoms with E-state index < -0.39 is 0 Å². The number of carbonyl (C=O) groups excluding carboxylic acids is 1. The maximum absolute atomic E-state index is 12.3. The number of anilines is 1. The second-order valence-electron chi connectivity index (χ2n) is 4.74. The summed E-state index contributed by atoms with van der Waals surface area (Å²) in [5.74, 6) is -0.227.